The van der Waals surface area contributed by atoms with Gasteiger partial charge in [0, 0.05) is 12.8 Å². The van der Waals surface area contributed by atoms with Crippen LogP contribution in [0.1, 0.15) is 24.0 Å². The summed E-state index contributed by atoms with van der Waals surface area (Å²) in [6.45, 7) is 0. The summed E-state index contributed by atoms with van der Waals surface area (Å²) in [4.78, 5) is 11.8. The van der Waals surface area contributed by atoms with Gasteiger partial charge in [-0.2, -0.15) is 0 Å². The average molecular weight is 256 g/mol. The fraction of sp³-hybridized carbons (Fsp3) is 0.235. The van der Waals surface area contributed by atoms with E-state index in [1.165, 1.54) is 17.7 Å². The van der Waals surface area contributed by atoms with Gasteiger partial charge < -0.3 is 0 Å². The van der Waals surface area contributed by atoms with Gasteiger partial charge in [0.2, 0.25) is 0 Å². The molecule has 0 aliphatic carbocycles. The minimum Gasteiger partial charge on any atom is -0.299 e. The lowest BCUT2D eigenvalue weighted by molar-refractivity contribution is -0.118. The summed E-state index contributed by atoms with van der Waals surface area (Å²) in [6, 6.07) is 16.4. The van der Waals surface area contributed by atoms with Crippen LogP contribution in [-0.4, -0.2) is 5.78 Å². The first-order chi connectivity index (χ1) is 9.24. The second-order valence-electron chi connectivity index (χ2n) is 4.68. The third kappa shape index (κ3) is 4.66. The second kappa shape index (κ2) is 6.83. The molecule has 2 heteroatoms. The largest absolute Gasteiger partial charge is 0.299 e. The van der Waals surface area contributed by atoms with Crippen LogP contribution in [-0.2, 0) is 17.6 Å². The van der Waals surface area contributed by atoms with Gasteiger partial charge in [0.15, 0.2) is 0 Å². The molecule has 0 fully saturated rings. The number of aryl methyl sites for hydroxylation is 1. The smallest absolute Gasteiger partial charge is 0.137 e. The summed E-state index contributed by atoms with van der Waals surface area (Å²) < 4.78 is 13.0. The molecule has 2 aromatic carbocycles. The highest BCUT2D eigenvalue weighted by atomic mass is 19.1. The number of carbonyl (C=O) groups is 1. The van der Waals surface area contributed by atoms with E-state index in [1.54, 1.807) is 12.1 Å². The SMILES string of the molecule is O=C(CCCc1ccccc1)Cc1cccc(F)c1. The maximum absolute atomic E-state index is 13.0. The normalized spacial score (nSPS) is 10.4. The fourth-order valence-corrected chi connectivity index (χ4v) is 2.10. The van der Waals surface area contributed by atoms with Crippen molar-refractivity contribution in [1.29, 1.82) is 0 Å². The summed E-state index contributed by atoms with van der Waals surface area (Å²) in [5, 5.41) is 0. The third-order valence-electron chi connectivity index (χ3n) is 3.05. The molecule has 0 heterocycles. The zero-order valence-electron chi connectivity index (χ0n) is 10.8. The predicted octanol–water partition coefficient (Wildman–Crippen LogP) is 3.96. The molecule has 98 valence electrons. The van der Waals surface area contributed by atoms with Crippen LogP contribution in [0.5, 0.6) is 0 Å². The van der Waals surface area contributed by atoms with E-state index in [0.29, 0.717) is 12.8 Å². The van der Waals surface area contributed by atoms with Crippen molar-refractivity contribution >= 4 is 5.78 Å². The molecule has 2 aromatic rings. The van der Waals surface area contributed by atoms with Crippen molar-refractivity contribution in [3.8, 4) is 0 Å². The van der Waals surface area contributed by atoms with Crippen LogP contribution < -0.4 is 0 Å². The van der Waals surface area contributed by atoms with Crippen LogP contribution >= 0.6 is 0 Å². The Morgan fingerprint density at radius 3 is 2.42 bits per heavy atom. The first-order valence-corrected chi connectivity index (χ1v) is 6.54. The Bertz CT molecular complexity index is 534. The minimum atomic E-state index is -0.283. The first-order valence-electron chi connectivity index (χ1n) is 6.54. The molecule has 1 nitrogen and oxygen atoms in total. The van der Waals surface area contributed by atoms with Gasteiger partial charge in [-0.05, 0) is 36.1 Å². The molecule has 0 radical (unpaired) electrons. The van der Waals surface area contributed by atoms with E-state index in [4.69, 9.17) is 0 Å². The van der Waals surface area contributed by atoms with Gasteiger partial charge in [0.25, 0.3) is 0 Å². The molecule has 0 amide bonds. The Labute approximate surface area is 113 Å². The van der Waals surface area contributed by atoms with Crippen molar-refractivity contribution in [2.45, 2.75) is 25.7 Å². The van der Waals surface area contributed by atoms with E-state index in [1.807, 2.05) is 18.2 Å². The van der Waals surface area contributed by atoms with Crippen molar-refractivity contribution in [1.82, 2.24) is 0 Å². The predicted molar refractivity (Wildman–Crippen MR) is 74.5 cm³/mol. The molecule has 0 aliphatic rings. The van der Waals surface area contributed by atoms with Crippen molar-refractivity contribution in [3.05, 3.63) is 71.5 Å². The molecule has 0 spiro atoms. The number of ketones is 1. The molecule has 0 saturated heterocycles. The standard InChI is InChI=1S/C17H17FO/c18-16-10-4-9-15(12-16)13-17(19)11-5-8-14-6-2-1-3-7-14/h1-4,6-7,9-10,12H,5,8,11,13H2. The van der Waals surface area contributed by atoms with Crippen molar-refractivity contribution < 1.29 is 9.18 Å². The number of benzene rings is 2. The maximum Gasteiger partial charge on any atom is 0.137 e. The monoisotopic (exact) mass is 256 g/mol. The Morgan fingerprint density at radius 2 is 1.68 bits per heavy atom. The molecule has 0 aromatic heterocycles. The van der Waals surface area contributed by atoms with Crippen LogP contribution in [0.3, 0.4) is 0 Å². The molecule has 0 N–H and O–H groups in total. The number of Topliss-reactive ketones (excluding diaryl/α,β-unsaturated/α-hetero) is 1. The van der Waals surface area contributed by atoms with Gasteiger partial charge in [-0.25, -0.2) is 4.39 Å². The van der Waals surface area contributed by atoms with Crippen LogP contribution in [0.4, 0.5) is 4.39 Å². The molecule has 2 rings (SSSR count). The molecule has 0 bridgehead atoms. The summed E-state index contributed by atoms with van der Waals surface area (Å²) in [5.74, 6) is -0.115. The molecule has 0 saturated carbocycles. The van der Waals surface area contributed by atoms with Crippen LogP contribution in [0.2, 0.25) is 0 Å². The highest BCUT2D eigenvalue weighted by Gasteiger charge is 2.04. The molecule has 0 atom stereocenters. The fourth-order valence-electron chi connectivity index (χ4n) is 2.10. The van der Waals surface area contributed by atoms with Gasteiger partial charge >= 0.3 is 0 Å². The molecule has 0 unspecified atom stereocenters. The molecular weight excluding hydrogens is 239 g/mol. The lowest BCUT2D eigenvalue weighted by atomic mass is 10.0. The summed E-state index contributed by atoms with van der Waals surface area (Å²) >= 11 is 0. The summed E-state index contributed by atoms with van der Waals surface area (Å²) in [7, 11) is 0. The van der Waals surface area contributed by atoms with E-state index in [0.717, 1.165) is 18.4 Å². The minimum absolute atomic E-state index is 0.168. The van der Waals surface area contributed by atoms with E-state index < -0.39 is 0 Å². The molecule has 0 aliphatic heterocycles. The highest BCUT2D eigenvalue weighted by molar-refractivity contribution is 5.80. The Kier molecular flexibility index (Phi) is 4.85. The molecular formula is C17H17FO. The Hall–Kier alpha value is -1.96. The Balaban J connectivity index is 1.76. The summed E-state index contributed by atoms with van der Waals surface area (Å²) in [6.07, 6.45) is 2.63. The topological polar surface area (TPSA) is 17.1 Å². The third-order valence-corrected chi connectivity index (χ3v) is 3.05. The van der Waals surface area contributed by atoms with Gasteiger partial charge in [-0.1, -0.05) is 42.5 Å². The average Bonchev–Trinajstić information content (AvgIpc) is 2.40. The zero-order valence-corrected chi connectivity index (χ0v) is 10.8. The lowest BCUT2D eigenvalue weighted by Crippen LogP contribution is -2.03. The molecule has 19 heavy (non-hydrogen) atoms. The van der Waals surface area contributed by atoms with Gasteiger partial charge in [0.1, 0.15) is 11.6 Å². The van der Waals surface area contributed by atoms with Crippen LogP contribution in [0.15, 0.2) is 54.6 Å². The van der Waals surface area contributed by atoms with Crippen molar-refractivity contribution in [2.75, 3.05) is 0 Å². The summed E-state index contributed by atoms with van der Waals surface area (Å²) in [5.41, 5.74) is 2.01. The van der Waals surface area contributed by atoms with E-state index in [9.17, 15) is 9.18 Å². The lowest BCUT2D eigenvalue weighted by Gasteiger charge is -2.02. The number of hydrogen-bond donors (Lipinski definition) is 0. The quantitative estimate of drug-likeness (QED) is 0.764. The van der Waals surface area contributed by atoms with Gasteiger partial charge in [0.05, 0.1) is 0 Å². The first kappa shape index (κ1) is 13.5. The van der Waals surface area contributed by atoms with E-state index in [2.05, 4.69) is 12.1 Å². The second-order valence-corrected chi connectivity index (χ2v) is 4.68. The van der Waals surface area contributed by atoms with Crippen LogP contribution in [0.25, 0.3) is 0 Å². The number of rotatable bonds is 6. The number of halogens is 1. The van der Waals surface area contributed by atoms with Gasteiger partial charge in [-0.15, -0.1) is 0 Å². The zero-order chi connectivity index (χ0) is 13.5. The maximum atomic E-state index is 13.0. The highest BCUT2D eigenvalue weighted by Crippen LogP contribution is 2.09. The number of carbonyl (C=O) groups excluding carboxylic acids is 1. The van der Waals surface area contributed by atoms with E-state index in [-0.39, 0.29) is 11.6 Å². The number of hydrogen-bond acceptors (Lipinski definition) is 1. The van der Waals surface area contributed by atoms with E-state index >= 15 is 0 Å². The Morgan fingerprint density at radius 1 is 0.947 bits per heavy atom. The van der Waals surface area contributed by atoms with Gasteiger partial charge in [-0.3, -0.25) is 4.79 Å². The van der Waals surface area contributed by atoms with Crippen molar-refractivity contribution in [3.63, 3.8) is 0 Å². The van der Waals surface area contributed by atoms with Crippen molar-refractivity contribution in [2.24, 2.45) is 0 Å². The van der Waals surface area contributed by atoms with Crippen LogP contribution in [0, 0.1) is 5.82 Å².